The van der Waals surface area contributed by atoms with Crippen LogP contribution in [0.2, 0.25) is 0 Å². The lowest BCUT2D eigenvalue weighted by atomic mass is 10.1. The van der Waals surface area contributed by atoms with Crippen LogP contribution < -0.4 is 5.32 Å². The van der Waals surface area contributed by atoms with Crippen molar-refractivity contribution >= 4 is 39.9 Å². The van der Waals surface area contributed by atoms with Gasteiger partial charge in [-0.05, 0) is 37.5 Å². The normalized spacial score (nSPS) is 10.5. The molecule has 1 heterocycles. The first-order valence-electron chi connectivity index (χ1n) is 7.69. The van der Waals surface area contributed by atoms with Gasteiger partial charge < -0.3 is 10.1 Å². The van der Waals surface area contributed by atoms with Crippen LogP contribution in [0.5, 0.6) is 0 Å². The fourth-order valence-electron chi connectivity index (χ4n) is 1.88. The third-order valence-electron chi connectivity index (χ3n) is 3.08. The minimum absolute atomic E-state index is 0.136. The van der Waals surface area contributed by atoms with E-state index in [1.807, 2.05) is 19.1 Å². The number of benzene rings is 1. The van der Waals surface area contributed by atoms with Gasteiger partial charge in [-0.3, -0.25) is 4.79 Å². The van der Waals surface area contributed by atoms with Gasteiger partial charge in [0.1, 0.15) is 0 Å². The third kappa shape index (κ3) is 6.19. The van der Waals surface area contributed by atoms with Gasteiger partial charge in [-0.1, -0.05) is 42.2 Å². The summed E-state index contributed by atoms with van der Waals surface area (Å²) in [5.74, 6) is 0.696. The summed E-state index contributed by atoms with van der Waals surface area (Å²) in [7, 11) is 0. The number of carbonyl (C=O) groups excluding carboxylic acids is 1. The molecule has 0 aliphatic heterocycles. The Morgan fingerprint density at radius 1 is 1.26 bits per heavy atom. The van der Waals surface area contributed by atoms with Gasteiger partial charge in [0, 0.05) is 17.9 Å². The Labute approximate surface area is 144 Å². The zero-order valence-corrected chi connectivity index (χ0v) is 15.0. The summed E-state index contributed by atoms with van der Waals surface area (Å²) in [6.45, 7) is 4.40. The van der Waals surface area contributed by atoms with E-state index in [1.54, 1.807) is 11.8 Å². The van der Waals surface area contributed by atoms with Gasteiger partial charge in [-0.2, -0.15) is 0 Å². The number of rotatable bonds is 9. The number of hydrogen-bond donors (Lipinski definition) is 1. The Morgan fingerprint density at radius 3 is 2.74 bits per heavy atom. The van der Waals surface area contributed by atoms with Gasteiger partial charge in [0.15, 0.2) is 4.34 Å². The van der Waals surface area contributed by atoms with Crippen molar-refractivity contribution in [2.75, 3.05) is 17.7 Å². The molecule has 0 saturated heterocycles. The Bertz CT molecular complexity index is 614. The van der Waals surface area contributed by atoms with E-state index in [-0.39, 0.29) is 5.97 Å². The van der Waals surface area contributed by atoms with Crippen molar-refractivity contribution in [1.82, 2.24) is 10.2 Å². The standard InChI is InChI=1S/C16H21N3O2S2/c1-3-12-7-9-13(10-8-12)17-15-18-19-16(23-15)22-11-5-6-14(20)21-4-2/h7-10H,3-6,11H2,1-2H3,(H,17,18). The van der Waals surface area contributed by atoms with Crippen molar-refractivity contribution in [3.05, 3.63) is 29.8 Å². The van der Waals surface area contributed by atoms with Crippen LogP contribution in [0, 0.1) is 0 Å². The molecule has 0 amide bonds. The number of aryl methyl sites for hydroxylation is 1. The fourth-order valence-corrected chi connectivity index (χ4v) is 3.66. The summed E-state index contributed by atoms with van der Waals surface area (Å²) in [6.07, 6.45) is 2.27. The second-order valence-corrected chi connectivity index (χ2v) is 7.13. The third-order valence-corrected chi connectivity index (χ3v) is 5.13. The molecule has 1 aromatic carbocycles. The molecule has 2 aromatic rings. The zero-order chi connectivity index (χ0) is 16.5. The molecule has 0 fully saturated rings. The van der Waals surface area contributed by atoms with Crippen LogP contribution in [0.4, 0.5) is 10.8 Å². The number of nitrogens with zero attached hydrogens (tertiary/aromatic N) is 2. The first kappa shape index (κ1) is 17.7. The summed E-state index contributed by atoms with van der Waals surface area (Å²) in [4.78, 5) is 11.2. The number of nitrogens with one attached hydrogen (secondary N) is 1. The average Bonchev–Trinajstić information content (AvgIpc) is 3.00. The second-order valence-electron chi connectivity index (χ2n) is 4.81. The quantitative estimate of drug-likeness (QED) is 0.413. The summed E-state index contributed by atoms with van der Waals surface area (Å²) in [5.41, 5.74) is 2.32. The first-order valence-corrected chi connectivity index (χ1v) is 9.49. The van der Waals surface area contributed by atoms with Gasteiger partial charge in [0.2, 0.25) is 5.13 Å². The van der Waals surface area contributed by atoms with Crippen molar-refractivity contribution in [3.63, 3.8) is 0 Å². The van der Waals surface area contributed by atoms with Crippen molar-refractivity contribution in [3.8, 4) is 0 Å². The minimum atomic E-state index is -0.136. The summed E-state index contributed by atoms with van der Waals surface area (Å²) in [6, 6.07) is 8.31. The van der Waals surface area contributed by atoms with E-state index >= 15 is 0 Å². The first-order chi connectivity index (χ1) is 11.2. The number of ether oxygens (including phenoxy) is 1. The van der Waals surface area contributed by atoms with E-state index in [0.29, 0.717) is 13.0 Å². The maximum atomic E-state index is 11.2. The van der Waals surface area contributed by atoms with Crippen LogP contribution in [0.3, 0.4) is 0 Å². The van der Waals surface area contributed by atoms with Crippen LogP contribution in [0.15, 0.2) is 28.6 Å². The molecule has 0 atom stereocenters. The number of carbonyl (C=O) groups is 1. The van der Waals surface area contributed by atoms with E-state index in [9.17, 15) is 4.79 Å². The molecular formula is C16H21N3O2S2. The molecule has 1 N–H and O–H groups in total. The van der Waals surface area contributed by atoms with Crippen LogP contribution in [0.25, 0.3) is 0 Å². The van der Waals surface area contributed by atoms with E-state index in [1.165, 1.54) is 16.9 Å². The Kier molecular flexibility index (Phi) is 7.35. The zero-order valence-electron chi connectivity index (χ0n) is 13.4. The summed E-state index contributed by atoms with van der Waals surface area (Å²) in [5, 5.41) is 12.3. The summed E-state index contributed by atoms with van der Waals surface area (Å²) < 4.78 is 5.80. The van der Waals surface area contributed by atoms with Crippen LogP contribution in [-0.4, -0.2) is 28.5 Å². The Hall–Kier alpha value is -1.60. The lowest BCUT2D eigenvalue weighted by molar-refractivity contribution is -0.143. The number of esters is 1. The van der Waals surface area contributed by atoms with Crippen molar-refractivity contribution < 1.29 is 9.53 Å². The van der Waals surface area contributed by atoms with Gasteiger partial charge in [-0.15, -0.1) is 10.2 Å². The van der Waals surface area contributed by atoms with E-state index in [0.717, 1.165) is 33.8 Å². The highest BCUT2D eigenvalue weighted by atomic mass is 32.2. The topological polar surface area (TPSA) is 64.1 Å². The number of anilines is 2. The van der Waals surface area contributed by atoms with Crippen molar-refractivity contribution in [2.45, 2.75) is 37.4 Å². The molecule has 7 heteroatoms. The molecule has 124 valence electrons. The van der Waals surface area contributed by atoms with Gasteiger partial charge in [0.25, 0.3) is 0 Å². The van der Waals surface area contributed by atoms with Gasteiger partial charge in [0.05, 0.1) is 6.61 Å². The lowest BCUT2D eigenvalue weighted by Gasteiger charge is -2.02. The maximum Gasteiger partial charge on any atom is 0.305 e. The highest BCUT2D eigenvalue weighted by Gasteiger charge is 2.06. The number of aromatic nitrogens is 2. The molecule has 2 rings (SSSR count). The predicted octanol–water partition coefficient (Wildman–Crippen LogP) is 4.28. The molecule has 1 aromatic heterocycles. The second kappa shape index (κ2) is 9.52. The van der Waals surface area contributed by atoms with Crippen LogP contribution in [0.1, 0.15) is 32.3 Å². The molecule has 0 aliphatic rings. The molecule has 0 unspecified atom stereocenters. The lowest BCUT2D eigenvalue weighted by Crippen LogP contribution is -2.03. The molecule has 5 nitrogen and oxygen atoms in total. The molecule has 0 spiro atoms. The molecule has 0 bridgehead atoms. The number of hydrogen-bond acceptors (Lipinski definition) is 7. The molecule has 0 saturated carbocycles. The average molecular weight is 351 g/mol. The fraction of sp³-hybridized carbons (Fsp3) is 0.438. The van der Waals surface area contributed by atoms with E-state index in [4.69, 9.17) is 4.74 Å². The molecular weight excluding hydrogens is 330 g/mol. The Balaban J connectivity index is 1.75. The highest BCUT2D eigenvalue weighted by Crippen LogP contribution is 2.28. The smallest absolute Gasteiger partial charge is 0.305 e. The molecule has 23 heavy (non-hydrogen) atoms. The monoisotopic (exact) mass is 351 g/mol. The SMILES string of the molecule is CCOC(=O)CCCSc1nnc(Nc2ccc(CC)cc2)s1. The number of thioether (sulfide) groups is 1. The maximum absolute atomic E-state index is 11.2. The van der Waals surface area contributed by atoms with Crippen LogP contribution >= 0.6 is 23.1 Å². The Morgan fingerprint density at radius 2 is 2.04 bits per heavy atom. The predicted molar refractivity (Wildman–Crippen MR) is 95.6 cm³/mol. The minimum Gasteiger partial charge on any atom is -0.466 e. The molecule has 0 radical (unpaired) electrons. The molecule has 0 aliphatic carbocycles. The highest BCUT2D eigenvalue weighted by molar-refractivity contribution is 8.01. The van der Waals surface area contributed by atoms with E-state index in [2.05, 4.69) is 34.6 Å². The largest absolute Gasteiger partial charge is 0.466 e. The van der Waals surface area contributed by atoms with Crippen molar-refractivity contribution in [2.24, 2.45) is 0 Å². The van der Waals surface area contributed by atoms with Gasteiger partial charge in [-0.25, -0.2) is 0 Å². The summed E-state index contributed by atoms with van der Waals surface area (Å²) >= 11 is 3.14. The van der Waals surface area contributed by atoms with Gasteiger partial charge >= 0.3 is 5.97 Å². The van der Waals surface area contributed by atoms with Crippen molar-refractivity contribution in [1.29, 1.82) is 0 Å². The van der Waals surface area contributed by atoms with Crippen LogP contribution in [-0.2, 0) is 16.0 Å². The van der Waals surface area contributed by atoms with E-state index < -0.39 is 0 Å².